The third-order valence-corrected chi connectivity index (χ3v) is 22.1. The number of hydrogen-bond donors (Lipinski definition) is 6. The summed E-state index contributed by atoms with van der Waals surface area (Å²) >= 11 is 0. The Bertz CT molecular complexity index is 2970. The number of phosphoric ester groups is 1. The summed E-state index contributed by atoms with van der Waals surface area (Å²) in [5.74, 6) is -6.19. The Kier molecular flexibility index (Phi) is 67.0. The van der Waals surface area contributed by atoms with Crippen LogP contribution in [-0.2, 0) is 80.6 Å². The third kappa shape index (κ3) is 60.3. The number of primary amides is 1. The van der Waals surface area contributed by atoms with Gasteiger partial charge in [-0.3, -0.25) is 66.6 Å². The first-order valence-corrected chi connectivity index (χ1v) is 48.0. The predicted molar refractivity (Wildman–Crippen MR) is 480 cm³/mol. The van der Waals surface area contributed by atoms with Crippen molar-refractivity contribution in [3.05, 3.63) is 0 Å². The molecule has 0 spiro atoms. The maximum Gasteiger partial charge on any atom is 0.472 e. The Morgan fingerprint density at radius 1 is 0.328 bits per heavy atom. The summed E-state index contributed by atoms with van der Waals surface area (Å²) in [5, 5.41) is 2.86. The van der Waals surface area contributed by atoms with Gasteiger partial charge in [-0.25, -0.2) is 4.57 Å². The van der Waals surface area contributed by atoms with Gasteiger partial charge in [0.15, 0.2) is 6.10 Å². The van der Waals surface area contributed by atoms with E-state index in [-0.39, 0.29) is 153 Å². The summed E-state index contributed by atoms with van der Waals surface area (Å²) in [5.41, 5.74) is 23.7. The van der Waals surface area contributed by atoms with E-state index in [4.69, 9.17) is 41.5 Å². The highest BCUT2D eigenvalue weighted by Crippen LogP contribution is 2.43. The summed E-state index contributed by atoms with van der Waals surface area (Å²) in [6, 6.07) is 0. The molecule has 2 unspecified atom stereocenters. The summed E-state index contributed by atoms with van der Waals surface area (Å²) < 4.78 is 34.9. The lowest BCUT2D eigenvalue weighted by Crippen LogP contribution is -2.54. The molecule has 0 saturated heterocycles. The second-order valence-electron chi connectivity index (χ2n) is 35.4. The normalized spacial score (nSPS) is 12.3. The molecule has 0 aromatic heterocycles. The molecule has 33 heteroatoms. The topological polar surface area (TPSA) is 424 Å². The fourth-order valence-corrected chi connectivity index (χ4v) is 13.9. The molecule has 0 fully saturated rings. The number of carbonyl (C=O) groups excluding carboxylic acids is 12. The van der Waals surface area contributed by atoms with Crippen molar-refractivity contribution in [2.45, 2.75) is 296 Å². The van der Waals surface area contributed by atoms with E-state index in [9.17, 15) is 67.0 Å². The molecule has 10 amide bonds. The first-order chi connectivity index (χ1) is 57.9. The Morgan fingerprint density at radius 2 is 0.574 bits per heavy atom. The van der Waals surface area contributed by atoms with Gasteiger partial charge in [0.1, 0.15) is 6.61 Å². The highest BCUT2D eigenvalue weighted by atomic mass is 31.2. The van der Waals surface area contributed by atoms with Crippen LogP contribution >= 0.6 is 7.82 Å². The Balaban J connectivity index is 6.50. The van der Waals surface area contributed by atoms with Gasteiger partial charge in [-0.15, -0.1) is 0 Å². The molecular formula is C89H171N14O18P. The number of phosphoric acid groups is 1. The SMILES string of the molecule is CCCCCCCCCCCCCC(=O)OCC(COP(=O)(O)OCCNCC(=O)N(CCN)CC(=O)N(CCC(C)C)CC(=O)N(CCC(C)C)CC(=O)N(CCN)CC(=O)N(CCC(C)C)CC(=O)N(CCC(C)C)CC(=O)N(CCN)CC(=O)N(CCC(C)C)CC(=O)N(CCC(C)C)CC(N)=O)OC(=O)CCCCCCCCCCCCC. The number of esters is 2. The first-order valence-electron chi connectivity index (χ1n) is 46.5. The molecule has 122 heavy (non-hydrogen) atoms. The average Bonchev–Trinajstić information content (AvgIpc) is 0.874. The van der Waals surface area contributed by atoms with Crippen LogP contribution in [0.3, 0.4) is 0 Å². The maximum absolute atomic E-state index is 14.7. The van der Waals surface area contributed by atoms with Gasteiger partial charge in [-0.05, 0) is 86.9 Å². The lowest BCUT2D eigenvalue weighted by molar-refractivity contribution is -0.161. The van der Waals surface area contributed by atoms with Gasteiger partial charge >= 0.3 is 19.8 Å². The van der Waals surface area contributed by atoms with Crippen LogP contribution in [0.5, 0.6) is 0 Å². The molecule has 0 aromatic carbocycles. The molecular weight excluding hydrogens is 1580 g/mol. The van der Waals surface area contributed by atoms with Gasteiger partial charge in [-0.2, -0.15) is 0 Å². The number of carbonyl (C=O) groups is 12. The number of nitrogens with two attached hydrogens (primary N) is 4. The standard InChI is InChI=1S/C89H171N14O18P/c1-15-17-19-21-23-25-27-29-31-33-35-37-88(114)118-69-77(121-89(115)38-36-34-32-30-28-26-24-22-20-18-16-2)70-120-122(116,117)119-58-48-94-59-79(105)101(55-45-90)66-83(109)97(51-41-73(7)8)62-81(107)99(53-43-75(11)12)64-87(113)103(57-47-92)68-85(111)98(52-42-74(9)10)63-82(108)100(54-44-76(13)14)65-86(112)102(56-46-91)67-84(110)96(50-40-72(5)6)61-80(106)95(60-78(93)104)49-39-71(3)4/h71-77,94H,15-70,90-92H2,1-14H3,(H2,93,104)(H,116,117). The van der Waals surface area contributed by atoms with Crippen LogP contribution in [0.2, 0.25) is 0 Å². The van der Waals surface area contributed by atoms with Gasteiger partial charge in [0.05, 0.1) is 78.7 Å². The van der Waals surface area contributed by atoms with E-state index in [1.54, 1.807) is 0 Å². The summed E-state index contributed by atoms with van der Waals surface area (Å²) in [6.45, 7) is 22.5. The third-order valence-electron chi connectivity index (χ3n) is 21.1. The molecule has 0 aliphatic rings. The van der Waals surface area contributed by atoms with Crippen molar-refractivity contribution in [2.24, 2.45) is 58.4 Å². The van der Waals surface area contributed by atoms with E-state index >= 15 is 0 Å². The maximum atomic E-state index is 14.7. The zero-order chi connectivity index (χ0) is 91.8. The lowest BCUT2D eigenvalue weighted by Gasteiger charge is -2.33. The van der Waals surface area contributed by atoms with Crippen molar-refractivity contribution >= 4 is 78.8 Å². The Labute approximate surface area is 734 Å². The number of unbranched alkanes of at least 4 members (excludes halogenated alkanes) is 20. The summed E-state index contributed by atoms with van der Waals surface area (Å²) in [7, 11) is -4.81. The molecule has 0 aromatic rings. The quantitative estimate of drug-likeness (QED) is 0.0187. The van der Waals surface area contributed by atoms with Gasteiger partial charge < -0.3 is 86.7 Å². The van der Waals surface area contributed by atoms with Gasteiger partial charge in [0, 0.05) is 97.9 Å². The van der Waals surface area contributed by atoms with Crippen molar-refractivity contribution in [1.29, 1.82) is 0 Å². The highest BCUT2D eigenvalue weighted by molar-refractivity contribution is 7.47. The second kappa shape index (κ2) is 70.7. The van der Waals surface area contributed by atoms with E-state index in [2.05, 4.69) is 19.2 Å². The molecule has 0 rings (SSSR count). The number of nitrogens with one attached hydrogen (secondary N) is 1. The van der Waals surface area contributed by atoms with Crippen LogP contribution in [-0.4, -0.2) is 296 Å². The fraction of sp³-hybridized carbons (Fsp3) is 0.865. The van der Waals surface area contributed by atoms with E-state index in [0.29, 0.717) is 51.4 Å². The van der Waals surface area contributed by atoms with Crippen molar-refractivity contribution < 1.29 is 85.5 Å². The van der Waals surface area contributed by atoms with Crippen LogP contribution < -0.4 is 28.3 Å². The van der Waals surface area contributed by atoms with E-state index in [1.165, 1.54) is 128 Å². The summed E-state index contributed by atoms with van der Waals surface area (Å²) in [6.07, 6.45) is 26.5. The van der Waals surface area contributed by atoms with Crippen molar-refractivity contribution in [3.63, 3.8) is 0 Å². The second-order valence-corrected chi connectivity index (χ2v) is 36.9. The summed E-state index contributed by atoms with van der Waals surface area (Å²) in [4.78, 5) is 190. The molecule has 0 saturated carbocycles. The molecule has 0 aliphatic heterocycles. The van der Waals surface area contributed by atoms with Crippen molar-refractivity contribution in [1.82, 2.24) is 49.4 Å². The molecule has 0 radical (unpaired) electrons. The molecule has 710 valence electrons. The Hall–Kier alpha value is -6.41. The minimum Gasteiger partial charge on any atom is -0.462 e. The molecule has 0 heterocycles. The van der Waals surface area contributed by atoms with Gasteiger partial charge in [0.2, 0.25) is 59.1 Å². The zero-order valence-electron chi connectivity index (χ0n) is 78.3. The monoisotopic (exact) mass is 1760 g/mol. The predicted octanol–water partition coefficient (Wildman–Crippen LogP) is 9.66. The number of amides is 10. The van der Waals surface area contributed by atoms with E-state index in [1.807, 2.05) is 83.1 Å². The van der Waals surface area contributed by atoms with Crippen LogP contribution in [0.4, 0.5) is 0 Å². The fourth-order valence-electron chi connectivity index (χ4n) is 13.1. The smallest absolute Gasteiger partial charge is 0.462 e. The van der Waals surface area contributed by atoms with E-state index < -0.39 is 151 Å². The number of nitrogens with zero attached hydrogens (tertiary/aromatic N) is 9. The first kappa shape index (κ1) is 116. The van der Waals surface area contributed by atoms with Gasteiger partial charge in [0.25, 0.3) is 0 Å². The molecule has 32 nitrogen and oxygen atoms in total. The van der Waals surface area contributed by atoms with Crippen LogP contribution in [0, 0.1) is 35.5 Å². The van der Waals surface area contributed by atoms with Crippen molar-refractivity contribution in [3.8, 4) is 0 Å². The minimum absolute atomic E-state index is 0.0328. The van der Waals surface area contributed by atoms with Gasteiger partial charge in [-0.1, -0.05) is 225 Å². The lowest BCUT2D eigenvalue weighted by atomic mass is 10.1. The van der Waals surface area contributed by atoms with Crippen LogP contribution in [0.15, 0.2) is 0 Å². The number of rotatable bonds is 78. The average molecular weight is 1760 g/mol. The minimum atomic E-state index is -4.81. The molecule has 0 aliphatic carbocycles. The molecule has 2 atom stereocenters. The number of ether oxygens (including phenoxy) is 2. The van der Waals surface area contributed by atoms with E-state index in [0.717, 1.165) is 44.9 Å². The molecule has 10 N–H and O–H groups in total. The van der Waals surface area contributed by atoms with Crippen LogP contribution in [0.1, 0.15) is 290 Å². The molecule has 0 bridgehead atoms. The Morgan fingerprint density at radius 3 is 0.836 bits per heavy atom. The van der Waals surface area contributed by atoms with Crippen LogP contribution in [0.25, 0.3) is 0 Å². The highest BCUT2D eigenvalue weighted by Gasteiger charge is 2.34. The number of hydrogen-bond acceptors (Lipinski definition) is 21. The zero-order valence-corrected chi connectivity index (χ0v) is 79.2. The largest absolute Gasteiger partial charge is 0.472 e. The van der Waals surface area contributed by atoms with Crippen molar-refractivity contribution in [2.75, 3.05) is 170 Å².